The van der Waals surface area contributed by atoms with Crippen LogP contribution in [-0.2, 0) is 11.2 Å². The lowest BCUT2D eigenvalue weighted by atomic mass is 9.97. The summed E-state index contributed by atoms with van der Waals surface area (Å²) in [5.74, 6) is 1.82. The molecule has 3 rings (SSSR count). The van der Waals surface area contributed by atoms with Gasteiger partial charge in [0.05, 0.1) is 5.02 Å². The van der Waals surface area contributed by atoms with Gasteiger partial charge in [0.1, 0.15) is 12.0 Å². The van der Waals surface area contributed by atoms with E-state index in [1.165, 1.54) is 0 Å². The number of allylic oxidation sites excluding steroid dienone is 1. The topological polar surface area (TPSA) is 84.2 Å². The zero-order valence-corrected chi connectivity index (χ0v) is 24.4. The summed E-state index contributed by atoms with van der Waals surface area (Å²) < 4.78 is 5.28. The van der Waals surface area contributed by atoms with E-state index in [1.54, 1.807) is 17.8 Å². The van der Waals surface area contributed by atoms with Crippen molar-refractivity contribution in [2.45, 2.75) is 89.0 Å². The van der Waals surface area contributed by atoms with E-state index in [4.69, 9.17) is 16.1 Å². The molecule has 0 saturated heterocycles. The predicted octanol–water partition coefficient (Wildman–Crippen LogP) is 7.68. The molecule has 8 heteroatoms. The second-order valence-corrected chi connectivity index (χ2v) is 10.8. The lowest BCUT2D eigenvalue weighted by Gasteiger charge is -2.20. The van der Waals surface area contributed by atoms with E-state index in [9.17, 15) is 9.59 Å². The first-order valence-electron chi connectivity index (χ1n) is 13.3. The summed E-state index contributed by atoms with van der Waals surface area (Å²) >= 11 is 7.61. The molecule has 2 N–H and O–H groups in total. The van der Waals surface area contributed by atoms with Crippen molar-refractivity contribution in [2.24, 2.45) is 5.92 Å². The summed E-state index contributed by atoms with van der Waals surface area (Å²) in [6, 6.07) is 5.77. The summed E-state index contributed by atoms with van der Waals surface area (Å²) in [5.41, 5.74) is 2.31. The number of benzene rings is 1. The third-order valence-electron chi connectivity index (χ3n) is 6.45. The number of rotatable bonds is 14. The number of halogens is 1. The van der Waals surface area contributed by atoms with Crippen LogP contribution in [0.4, 0.5) is 5.69 Å². The number of anilines is 1. The summed E-state index contributed by atoms with van der Waals surface area (Å²) in [7, 11) is 1.82. The highest BCUT2D eigenvalue weighted by atomic mass is 35.5. The van der Waals surface area contributed by atoms with Crippen LogP contribution in [0.15, 0.2) is 39.8 Å². The highest BCUT2D eigenvalue weighted by molar-refractivity contribution is 7.98. The maximum atomic E-state index is 12.4. The van der Waals surface area contributed by atoms with Crippen molar-refractivity contribution in [3.05, 3.63) is 52.4 Å². The first-order chi connectivity index (χ1) is 17.9. The number of carbonyl (C=O) groups is 2. The third-order valence-corrected chi connectivity index (χ3v) is 7.65. The highest BCUT2D eigenvalue weighted by Gasteiger charge is 2.29. The van der Waals surface area contributed by atoms with Crippen molar-refractivity contribution in [2.75, 3.05) is 18.6 Å². The molecule has 1 aliphatic rings. The van der Waals surface area contributed by atoms with Crippen LogP contribution in [0.25, 0.3) is 0 Å². The van der Waals surface area contributed by atoms with Crippen LogP contribution in [0.5, 0.6) is 0 Å². The van der Waals surface area contributed by atoms with Gasteiger partial charge < -0.3 is 20.0 Å². The van der Waals surface area contributed by atoms with E-state index in [1.807, 2.05) is 25.4 Å². The number of thioether (sulfide) groups is 1. The molecule has 1 aliphatic carbocycles. The van der Waals surface area contributed by atoms with E-state index in [2.05, 4.69) is 48.7 Å². The molecule has 0 aliphatic heterocycles. The van der Waals surface area contributed by atoms with Crippen LogP contribution >= 0.6 is 23.4 Å². The minimum Gasteiger partial charge on any atom is -0.388 e. The SMILES string of the molecule is CCC/C=C\C[C@@H](CC(C)CC)NC(=O)c1cc(C2CC2)on1.CNc1cc(Cl)c(SC)cc1CC=O. The Hall–Kier alpha value is -2.25. The van der Waals surface area contributed by atoms with Crippen LogP contribution in [0.3, 0.4) is 0 Å². The largest absolute Gasteiger partial charge is 0.388 e. The van der Waals surface area contributed by atoms with Gasteiger partial charge in [0.2, 0.25) is 0 Å². The molecule has 1 amide bonds. The monoisotopic (exact) mass is 547 g/mol. The molecule has 6 nitrogen and oxygen atoms in total. The quantitative estimate of drug-likeness (QED) is 0.143. The predicted molar refractivity (Wildman–Crippen MR) is 155 cm³/mol. The van der Waals surface area contributed by atoms with Gasteiger partial charge >= 0.3 is 0 Å². The Balaban J connectivity index is 0.000000294. The summed E-state index contributed by atoms with van der Waals surface area (Å²) in [5, 5.41) is 10.8. The Labute approximate surface area is 231 Å². The fourth-order valence-corrected chi connectivity index (χ4v) is 4.78. The van der Waals surface area contributed by atoms with Gasteiger partial charge in [0.25, 0.3) is 5.91 Å². The molecule has 0 radical (unpaired) electrons. The van der Waals surface area contributed by atoms with Crippen molar-refractivity contribution in [3.63, 3.8) is 0 Å². The van der Waals surface area contributed by atoms with Crippen molar-refractivity contribution in [1.82, 2.24) is 10.5 Å². The first kappa shape index (κ1) is 31.0. The number of nitrogens with zero attached hydrogens (tertiary/aromatic N) is 1. The summed E-state index contributed by atoms with van der Waals surface area (Å²) in [4.78, 5) is 23.9. The number of aldehydes is 1. The normalized spacial score (nSPS) is 14.5. The van der Waals surface area contributed by atoms with Gasteiger partial charge in [-0.3, -0.25) is 4.79 Å². The van der Waals surface area contributed by atoms with Crippen molar-refractivity contribution < 1.29 is 14.1 Å². The minimum atomic E-state index is -0.113. The zero-order chi connectivity index (χ0) is 27.2. The summed E-state index contributed by atoms with van der Waals surface area (Å²) in [6.07, 6.45) is 15.2. The first-order valence-corrected chi connectivity index (χ1v) is 14.9. The number of amides is 1. The Kier molecular flexibility index (Phi) is 13.9. The Morgan fingerprint density at radius 2 is 2.03 bits per heavy atom. The number of aromatic nitrogens is 1. The standard InChI is InChI=1S/C19H30N2O2.C10H12ClNOS/c1-4-6-7-8-9-16(12-14(3)5-2)20-19(22)17-13-18(23-21-17)15-10-11-15;1-12-9-6-8(11)10(14-2)5-7(9)3-4-13/h7-8,13-16H,4-6,9-12H2,1-3H3,(H,20,22);4-6,12H,3H2,1-2H3/b8-7-;/t14?,16-;/m0./s1. The van der Waals surface area contributed by atoms with Crippen LogP contribution in [0.1, 0.15) is 93.4 Å². The fourth-order valence-electron chi connectivity index (χ4n) is 3.87. The van der Waals surface area contributed by atoms with Crippen LogP contribution < -0.4 is 10.6 Å². The molecular weight excluding hydrogens is 506 g/mol. The molecule has 204 valence electrons. The van der Waals surface area contributed by atoms with Gasteiger partial charge in [0, 0.05) is 42.1 Å². The van der Waals surface area contributed by atoms with Gasteiger partial charge in [-0.2, -0.15) is 0 Å². The van der Waals surface area contributed by atoms with Crippen molar-refractivity contribution in [1.29, 1.82) is 0 Å². The van der Waals surface area contributed by atoms with E-state index in [0.717, 1.165) is 78.2 Å². The molecule has 0 spiro atoms. The molecule has 2 aromatic rings. The summed E-state index contributed by atoms with van der Waals surface area (Å²) in [6.45, 7) is 6.59. The maximum Gasteiger partial charge on any atom is 0.273 e. The molecular formula is C29H42ClN3O3S. The maximum absolute atomic E-state index is 12.4. The second kappa shape index (κ2) is 16.6. The lowest BCUT2D eigenvalue weighted by molar-refractivity contribution is -0.107. The molecule has 0 bridgehead atoms. The van der Waals surface area contributed by atoms with Crippen LogP contribution in [0.2, 0.25) is 5.02 Å². The second-order valence-electron chi connectivity index (χ2n) is 9.57. The highest BCUT2D eigenvalue weighted by Crippen LogP contribution is 2.40. The van der Waals surface area contributed by atoms with E-state index >= 15 is 0 Å². The number of hydrogen-bond acceptors (Lipinski definition) is 6. The molecule has 1 unspecified atom stereocenters. The number of nitrogens with one attached hydrogen (secondary N) is 2. The molecule has 2 atom stereocenters. The average Bonchev–Trinajstić information content (AvgIpc) is 3.63. The smallest absolute Gasteiger partial charge is 0.273 e. The average molecular weight is 548 g/mol. The van der Waals surface area contributed by atoms with Crippen LogP contribution in [0, 0.1) is 5.92 Å². The number of hydrogen-bond donors (Lipinski definition) is 2. The third kappa shape index (κ3) is 10.6. The molecule has 1 saturated carbocycles. The van der Waals surface area contributed by atoms with Gasteiger partial charge in [-0.05, 0) is 62.0 Å². The van der Waals surface area contributed by atoms with E-state index in [0.29, 0.717) is 24.0 Å². The molecule has 1 aromatic carbocycles. The number of unbranched alkanes of at least 4 members (excludes halogenated alkanes) is 1. The zero-order valence-electron chi connectivity index (χ0n) is 22.8. The molecule has 37 heavy (non-hydrogen) atoms. The fraction of sp³-hybridized carbons (Fsp3) is 0.552. The Morgan fingerprint density at radius 1 is 1.27 bits per heavy atom. The van der Waals surface area contributed by atoms with Gasteiger partial charge in [-0.15, -0.1) is 11.8 Å². The van der Waals surface area contributed by atoms with E-state index in [-0.39, 0.29) is 11.9 Å². The van der Waals surface area contributed by atoms with Crippen molar-refractivity contribution in [3.8, 4) is 0 Å². The lowest BCUT2D eigenvalue weighted by Crippen LogP contribution is -2.36. The van der Waals surface area contributed by atoms with Gasteiger partial charge in [-0.25, -0.2) is 0 Å². The minimum absolute atomic E-state index is 0.113. The van der Waals surface area contributed by atoms with Crippen LogP contribution in [-0.4, -0.2) is 36.7 Å². The van der Waals surface area contributed by atoms with Gasteiger partial charge in [0.15, 0.2) is 5.69 Å². The van der Waals surface area contributed by atoms with Gasteiger partial charge in [-0.1, -0.05) is 62.5 Å². The Morgan fingerprint density at radius 3 is 2.62 bits per heavy atom. The molecule has 1 fully saturated rings. The van der Waals surface area contributed by atoms with E-state index < -0.39 is 0 Å². The number of carbonyl (C=O) groups excluding carboxylic acids is 2. The molecule has 1 heterocycles. The Bertz CT molecular complexity index is 1020. The molecule has 1 aromatic heterocycles. The van der Waals surface area contributed by atoms with Crippen molar-refractivity contribution >= 4 is 41.2 Å².